The molecule has 1 aromatic rings. The van der Waals surface area contributed by atoms with Crippen molar-refractivity contribution >= 4 is 17.2 Å². The first kappa shape index (κ1) is 14.8. The molecule has 0 saturated heterocycles. The molecule has 9 heteroatoms. The summed E-state index contributed by atoms with van der Waals surface area (Å²) in [5.41, 5.74) is 0. The van der Waals surface area contributed by atoms with Crippen molar-refractivity contribution in [2.75, 3.05) is 0 Å². The van der Waals surface area contributed by atoms with Gasteiger partial charge >= 0.3 is 18.0 Å². The van der Waals surface area contributed by atoms with E-state index in [1.807, 2.05) is 0 Å². The van der Waals surface area contributed by atoms with Crippen LogP contribution in [0, 0.1) is 0 Å². The number of aromatic nitrogens is 1. The molecule has 0 aliphatic carbocycles. The number of nitrogens with zero attached hydrogens (tertiary/aromatic N) is 1. The summed E-state index contributed by atoms with van der Waals surface area (Å²) in [4.78, 5) is 14.7. The van der Waals surface area contributed by atoms with E-state index in [9.17, 15) is 26.7 Å². The van der Waals surface area contributed by atoms with Crippen molar-refractivity contribution < 1.29 is 26.7 Å². The van der Waals surface area contributed by atoms with Crippen LogP contribution in [0.4, 0.5) is 22.0 Å². The third-order valence-electron chi connectivity index (χ3n) is 2.10. The van der Waals surface area contributed by atoms with Gasteiger partial charge < -0.3 is 5.32 Å². The number of halogens is 5. The monoisotopic (exact) mass is 288 g/mol. The van der Waals surface area contributed by atoms with Gasteiger partial charge in [0.2, 0.25) is 0 Å². The van der Waals surface area contributed by atoms with Crippen LogP contribution < -0.4 is 5.32 Å². The Balaban J connectivity index is 2.81. The van der Waals surface area contributed by atoms with E-state index in [1.54, 1.807) is 5.32 Å². The molecule has 1 rings (SSSR count). The minimum absolute atomic E-state index is 0.160. The van der Waals surface area contributed by atoms with E-state index < -0.39 is 24.0 Å². The van der Waals surface area contributed by atoms with E-state index in [4.69, 9.17) is 0 Å². The molecule has 102 valence electrons. The first-order valence-electron chi connectivity index (χ1n) is 4.85. The van der Waals surface area contributed by atoms with Crippen molar-refractivity contribution in [2.45, 2.75) is 31.5 Å². The molecule has 0 aliphatic rings. The summed E-state index contributed by atoms with van der Waals surface area (Å²) in [6.07, 6.45) is -4.37. The smallest absolute Gasteiger partial charge is 0.341 e. The molecule has 1 unspecified atom stereocenters. The Morgan fingerprint density at radius 2 is 2.06 bits per heavy atom. The van der Waals surface area contributed by atoms with E-state index >= 15 is 0 Å². The van der Waals surface area contributed by atoms with Crippen LogP contribution in [-0.2, 0) is 4.79 Å². The Morgan fingerprint density at radius 3 is 2.44 bits per heavy atom. The fraction of sp³-hybridized carbons (Fsp3) is 0.556. The Hall–Kier alpha value is -1.25. The van der Waals surface area contributed by atoms with Crippen LogP contribution in [0.3, 0.4) is 0 Å². The molecule has 1 aromatic heterocycles. The zero-order chi connectivity index (χ0) is 14.0. The molecule has 0 saturated carbocycles. The molecular weight excluding hydrogens is 279 g/mol. The highest BCUT2D eigenvalue weighted by Crippen LogP contribution is 2.36. The van der Waals surface area contributed by atoms with Crippen LogP contribution >= 0.6 is 11.3 Å². The number of thiazole rings is 1. The molecule has 1 heterocycles. The lowest BCUT2D eigenvalue weighted by Gasteiger charge is -2.21. The van der Waals surface area contributed by atoms with Crippen molar-refractivity contribution in [1.29, 1.82) is 0 Å². The standard InChI is InChI=1S/C9H9F5N2OS/c1-2-5(6-15-3-4-18-6)16-7(17)8(10,11)9(12,13)14/h3-5H,2H2,1H3,(H,16,17). The van der Waals surface area contributed by atoms with Crippen LogP contribution in [0.1, 0.15) is 24.4 Å². The number of alkyl halides is 5. The quantitative estimate of drug-likeness (QED) is 0.866. The van der Waals surface area contributed by atoms with Crippen molar-refractivity contribution in [3.63, 3.8) is 0 Å². The Bertz CT molecular complexity index is 404. The SMILES string of the molecule is CCC(NC(=O)C(F)(F)C(F)(F)F)c1nccs1. The Morgan fingerprint density at radius 1 is 1.44 bits per heavy atom. The third kappa shape index (κ3) is 2.95. The van der Waals surface area contributed by atoms with Crippen molar-refractivity contribution in [1.82, 2.24) is 10.3 Å². The van der Waals surface area contributed by atoms with Gasteiger partial charge in [0.15, 0.2) is 0 Å². The van der Waals surface area contributed by atoms with Gasteiger partial charge in [-0.25, -0.2) is 4.98 Å². The number of carbonyl (C=O) groups excluding carboxylic acids is 1. The Labute approximate surface area is 103 Å². The molecule has 3 nitrogen and oxygen atoms in total. The molecule has 0 bridgehead atoms. The number of rotatable bonds is 4. The predicted molar refractivity (Wildman–Crippen MR) is 54.3 cm³/mol. The molecule has 0 fully saturated rings. The lowest BCUT2D eigenvalue weighted by Crippen LogP contribution is -2.51. The maximum absolute atomic E-state index is 12.7. The molecule has 1 atom stereocenters. The lowest BCUT2D eigenvalue weighted by molar-refractivity contribution is -0.270. The fourth-order valence-corrected chi connectivity index (χ4v) is 1.90. The molecule has 0 radical (unpaired) electrons. The highest BCUT2D eigenvalue weighted by Gasteiger charge is 2.63. The first-order chi connectivity index (χ1) is 8.20. The number of amides is 1. The van der Waals surface area contributed by atoms with E-state index in [1.165, 1.54) is 18.5 Å². The maximum Gasteiger partial charge on any atom is 0.463 e. The first-order valence-corrected chi connectivity index (χ1v) is 5.73. The van der Waals surface area contributed by atoms with Crippen LogP contribution in [0.2, 0.25) is 0 Å². The van der Waals surface area contributed by atoms with Crippen LogP contribution in [0.25, 0.3) is 0 Å². The van der Waals surface area contributed by atoms with Gasteiger partial charge in [0.05, 0.1) is 6.04 Å². The second-order valence-corrected chi connectivity index (χ2v) is 4.30. The van der Waals surface area contributed by atoms with E-state index in [0.717, 1.165) is 11.3 Å². The van der Waals surface area contributed by atoms with Crippen LogP contribution in [0.5, 0.6) is 0 Å². The van der Waals surface area contributed by atoms with Gasteiger partial charge in [-0.3, -0.25) is 4.79 Å². The van der Waals surface area contributed by atoms with Crippen LogP contribution in [0.15, 0.2) is 11.6 Å². The van der Waals surface area contributed by atoms with E-state index in [0.29, 0.717) is 0 Å². The van der Waals surface area contributed by atoms with Gasteiger partial charge in [-0.15, -0.1) is 11.3 Å². The van der Waals surface area contributed by atoms with E-state index in [2.05, 4.69) is 4.98 Å². The zero-order valence-corrected chi connectivity index (χ0v) is 9.91. The molecular formula is C9H9F5N2OS. The fourth-order valence-electron chi connectivity index (χ4n) is 1.12. The van der Waals surface area contributed by atoms with Gasteiger partial charge in [0.1, 0.15) is 5.01 Å². The van der Waals surface area contributed by atoms with Gasteiger partial charge in [-0.05, 0) is 6.42 Å². The normalized spacial score (nSPS) is 14.3. The highest BCUT2D eigenvalue weighted by atomic mass is 32.1. The summed E-state index contributed by atoms with van der Waals surface area (Å²) in [6, 6.07) is -0.953. The average molecular weight is 288 g/mol. The van der Waals surface area contributed by atoms with Crippen LogP contribution in [-0.4, -0.2) is 23.0 Å². The number of hydrogen-bond donors (Lipinski definition) is 1. The molecule has 1 amide bonds. The number of nitrogens with one attached hydrogen (secondary N) is 1. The molecule has 18 heavy (non-hydrogen) atoms. The molecule has 0 aromatic carbocycles. The molecule has 0 aliphatic heterocycles. The zero-order valence-electron chi connectivity index (χ0n) is 9.09. The third-order valence-corrected chi connectivity index (χ3v) is 2.99. The minimum atomic E-state index is -5.90. The summed E-state index contributed by atoms with van der Waals surface area (Å²) in [6.45, 7) is 1.54. The second-order valence-electron chi connectivity index (χ2n) is 3.38. The number of hydrogen-bond acceptors (Lipinski definition) is 3. The lowest BCUT2D eigenvalue weighted by atomic mass is 10.2. The maximum atomic E-state index is 12.7. The topological polar surface area (TPSA) is 42.0 Å². The molecule has 0 spiro atoms. The van der Waals surface area contributed by atoms with Gasteiger partial charge in [0.25, 0.3) is 0 Å². The largest absolute Gasteiger partial charge is 0.463 e. The van der Waals surface area contributed by atoms with Crippen molar-refractivity contribution in [3.8, 4) is 0 Å². The van der Waals surface area contributed by atoms with Crippen molar-refractivity contribution in [2.24, 2.45) is 0 Å². The summed E-state index contributed by atoms with van der Waals surface area (Å²) in [5.74, 6) is -7.77. The summed E-state index contributed by atoms with van der Waals surface area (Å²) in [7, 11) is 0. The van der Waals surface area contributed by atoms with Gasteiger partial charge in [-0.1, -0.05) is 6.92 Å². The second kappa shape index (κ2) is 5.17. The van der Waals surface area contributed by atoms with Gasteiger partial charge in [0, 0.05) is 11.6 Å². The van der Waals surface area contributed by atoms with Crippen molar-refractivity contribution in [3.05, 3.63) is 16.6 Å². The molecule has 1 N–H and O–H groups in total. The number of carbonyl (C=O) groups is 1. The minimum Gasteiger partial charge on any atom is -0.341 e. The highest BCUT2D eigenvalue weighted by molar-refractivity contribution is 7.09. The van der Waals surface area contributed by atoms with E-state index in [-0.39, 0.29) is 11.4 Å². The Kier molecular flexibility index (Phi) is 4.25. The average Bonchev–Trinajstić information content (AvgIpc) is 2.76. The predicted octanol–water partition coefficient (Wildman–Crippen LogP) is 2.91. The summed E-state index contributed by atoms with van der Waals surface area (Å²) in [5, 5.41) is 3.47. The summed E-state index contributed by atoms with van der Waals surface area (Å²) >= 11 is 1.06. The summed E-state index contributed by atoms with van der Waals surface area (Å²) < 4.78 is 61.3. The van der Waals surface area contributed by atoms with Gasteiger partial charge in [-0.2, -0.15) is 22.0 Å².